The average molecular weight is 404 g/mol. The van der Waals surface area contributed by atoms with Crippen LogP contribution in [0.3, 0.4) is 0 Å². The second-order valence-corrected chi connectivity index (χ2v) is 8.01. The summed E-state index contributed by atoms with van der Waals surface area (Å²) in [5.74, 6) is 0.604. The van der Waals surface area contributed by atoms with E-state index in [0.717, 1.165) is 10.0 Å². The topological polar surface area (TPSA) is 56.3 Å². The molecule has 3 aromatic rings. The first-order chi connectivity index (χ1) is 11.5. The van der Waals surface area contributed by atoms with Crippen LogP contribution in [0.25, 0.3) is 0 Å². The summed E-state index contributed by atoms with van der Waals surface area (Å²) in [6, 6.07) is 16.7. The van der Waals surface area contributed by atoms with Crippen LogP contribution in [0.2, 0.25) is 0 Å². The highest BCUT2D eigenvalue weighted by molar-refractivity contribution is 9.10. The largest absolute Gasteiger partial charge is 0.438 e. The van der Waals surface area contributed by atoms with E-state index in [9.17, 15) is 8.42 Å². The number of aromatic nitrogens is 1. The van der Waals surface area contributed by atoms with Crippen molar-refractivity contribution in [3.63, 3.8) is 0 Å². The zero-order valence-electron chi connectivity index (χ0n) is 12.8. The van der Waals surface area contributed by atoms with Crippen LogP contribution in [0, 0.1) is 6.92 Å². The lowest BCUT2D eigenvalue weighted by Crippen LogP contribution is -2.04. The predicted molar refractivity (Wildman–Crippen MR) is 95.1 cm³/mol. The fourth-order valence-electron chi connectivity index (χ4n) is 2.18. The number of nitrogens with zero attached hydrogens (tertiary/aromatic N) is 1. The summed E-state index contributed by atoms with van der Waals surface area (Å²) >= 11 is 3.31. The molecule has 24 heavy (non-hydrogen) atoms. The first-order valence-corrected chi connectivity index (χ1v) is 9.44. The van der Waals surface area contributed by atoms with Gasteiger partial charge in [0.1, 0.15) is 10.6 Å². The number of aryl methyl sites for hydroxylation is 1. The second kappa shape index (κ2) is 6.75. The number of hydrogen-bond acceptors (Lipinski definition) is 4. The van der Waals surface area contributed by atoms with Crippen molar-refractivity contribution >= 4 is 25.8 Å². The molecule has 0 aliphatic carbocycles. The molecule has 0 unspecified atom stereocenters. The molecule has 0 bridgehead atoms. The van der Waals surface area contributed by atoms with E-state index in [1.807, 2.05) is 6.92 Å². The van der Waals surface area contributed by atoms with Gasteiger partial charge < -0.3 is 4.74 Å². The molecule has 6 heteroatoms. The quantitative estimate of drug-likeness (QED) is 0.628. The Bertz CT molecular complexity index is 955. The molecule has 0 aliphatic rings. The number of halogens is 1. The van der Waals surface area contributed by atoms with Crippen LogP contribution in [0.1, 0.15) is 5.56 Å². The lowest BCUT2D eigenvalue weighted by molar-refractivity contribution is 0.449. The number of rotatable bonds is 4. The number of benzene rings is 2. The zero-order valence-corrected chi connectivity index (χ0v) is 15.2. The summed E-state index contributed by atoms with van der Waals surface area (Å²) in [6.07, 6.45) is 1.59. The molecular formula is C18H14BrNO3S. The molecule has 0 saturated heterocycles. The van der Waals surface area contributed by atoms with Gasteiger partial charge in [-0.1, -0.05) is 28.1 Å². The zero-order chi connectivity index (χ0) is 17.2. The summed E-state index contributed by atoms with van der Waals surface area (Å²) in [4.78, 5) is 4.41. The van der Waals surface area contributed by atoms with E-state index in [-0.39, 0.29) is 15.5 Å². The minimum Gasteiger partial charge on any atom is -0.438 e. The molecule has 0 fully saturated rings. The van der Waals surface area contributed by atoms with Crippen LogP contribution < -0.4 is 4.74 Å². The van der Waals surface area contributed by atoms with Gasteiger partial charge in [0.15, 0.2) is 0 Å². The van der Waals surface area contributed by atoms with Gasteiger partial charge in [0.05, 0.1) is 4.90 Å². The van der Waals surface area contributed by atoms with Gasteiger partial charge >= 0.3 is 0 Å². The van der Waals surface area contributed by atoms with E-state index in [1.165, 1.54) is 0 Å². The van der Waals surface area contributed by atoms with Crippen LogP contribution in [-0.4, -0.2) is 13.4 Å². The lowest BCUT2D eigenvalue weighted by atomic mass is 10.2. The van der Waals surface area contributed by atoms with Crippen molar-refractivity contribution in [3.8, 4) is 11.6 Å². The van der Waals surface area contributed by atoms with E-state index < -0.39 is 9.84 Å². The fraction of sp³-hybridized carbons (Fsp3) is 0.0556. The summed E-state index contributed by atoms with van der Waals surface area (Å²) in [6.45, 7) is 1.88. The van der Waals surface area contributed by atoms with Crippen molar-refractivity contribution in [2.75, 3.05) is 0 Å². The van der Waals surface area contributed by atoms with Crippen molar-refractivity contribution in [3.05, 3.63) is 76.9 Å². The highest BCUT2D eigenvalue weighted by atomic mass is 79.9. The molecular weight excluding hydrogens is 390 g/mol. The molecule has 3 rings (SSSR count). The van der Waals surface area contributed by atoms with Gasteiger partial charge in [0, 0.05) is 16.7 Å². The van der Waals surface area contributed by atoms with Gasteiger partial charge in [-0.05, 0) is 55.0 Å². The summed E-state index contributed by atoms with van der Waals surface area (Å²) < 4.78 is 32.4. The van der Waals surface area contributed by atoms with Crippen molar-refractivity contribution in [1.82, 2.24) is 4.98 Å². The lowest BCUT2D eigenvalue weighted by Gasteiger charge is -2.12. The molecule has 1 heterocycles. The number of sulfone groups is 1. The van der Waals surface area contributed by atoms with E-state index in [1.54, 1.807) is 66.9 Å². The van der Waals surface area contributed by atoms with Crippen LogP contribution in [0.15, 0.2) is 81.1 Å². The first kappa shape index (κ1) is 16.7. The maximum absolute atomic E-state index is 13.0. The normalized spacial score (nSPS) is 11.2. The maximum Gasteiger partial charge on any atom is 0.219 e. The maximum atomic E-state index is 13.0. The summed E-state index contributed by atoms with van der Waals surface area (Å²) in [7, 11) is -3.70. The number of pyridine rings is 1. The molecule has 2 aromatic carbocycles. The number of hydrogen-bond donors (Lipinski definition) is 0. The van der Waals surface area contributed by atoms with Gasteiger partial charge in [-0.2, -0.15) is 0 Å². The van der Waals surface area contributed by atoms with E-state index in [2.05, 4.69) is 20.9 Å². The third kappa shape index (κ3) is 3.49. The number of ether oxygens (including phenoxy) is 1. The Balaban J connectivity index is 2.09. The Morgan fingerprint density at radius 3 is 2.42 bits per heavy atom. The molecule has 0 spiro atoms. The minimum absolute atomic E-state index is 0.112. The fourth-order valence-corrected chi connectivity index (χ4v) is 3.80. The van der Waals surface area contributed by atoms with Crippen LogP contribution in [0.5, 0.6) is 11.6 Å². The van der Waals surface area contributed by atoms with Crippen molar-refractivity contribution in [1.29, 1.82) is 0 Å². The average Bonchev–Trinajstić information content (AvgIpc) is 2.56. The molecule has 0 saturated carbocycles. The third-order valence-corrected chi connectivity index (χ3v) is 5.70. The molecule has 0 aliphatic heterocycles. The van der Waals surface area contributed by atoms with Gasteiger partial charge in [-0.3, -0.25) is 0 Å². The highest BCUT2D eigenvalue weighted by Crippen LogP contribution is 2.33. The minimum atomic E-state index is -3.70. The van der Waals surface area contributed by atoms with E-state index >= 15 is 0 Å². The van der Waals surface area contributed by atoms with Crippen LogP contribution in [-0.2, 0) is 9.84 Å². The van der Waals surface area contributed by atoms with E-state index in [0.29, 0.717) is 5.88 Å². The van der Waals surface area contributed by atoms with Gasteiger partial charge in [0.2, 0.25) is 15.7 Å². The SMILES string of the molecule is Cc1ccc(S(=O)(=O)c2ccc(Br)cc2)c(Oc2ccccn2)c1. The Kier molecular flexibility index (Phi) is 4.69. The third-order valence-electron chi connectivity index (χ3n) is 3.36. The van der Waals surface area contributed by atoms with Crippen LogP contribution in [0.4, 0.5) is 0 Å². The Labute approximate surface area is 149 Å². The predicted octanol–water partition coefficient (Wildman–Crippen LogP) is 4.78. The monoisotopic (exact) mass is 403 g/mol. The van der Waals surface area contributed by atoms with Gasteiger partial charge in [-0.15, -0.1) is 0 Å². The molecule has 0 amide bonds. The Hall–Kier alpha value is -2.18. The molecule has 0 N–H and O–H groups in total. The summed E-state index contributed by atoms with van der Waals surface area (Å²) in [5, 5.41) is 0. The molecule has 122 valence electrons. The van der Waals surface area contributed by atoms with Gasteiger partial charge in [0.25, 0.3) is 0 Å². The van der Waals surface area contributed by atoms with E-state index in [4.69, 9.17) is 4.74 Å². The first-order valence-electron chi connectivity index (χ1n) is 7.17. The van der Waals surface area contributed by atoms with Gasteiger partial charge in [-0.25, -0.2) is 13.4 Å². The molecule has 0 atom stereocenters. The van der Waals surface area contributed by atoms with Crippen LogP contribution >= 0.6 is 15.9 Å². The molecule has 4 nitrogen and oxygen atoms in total. The molecule has 1 aromatic heterocycles. The highest BCUT2D eigenvalue weighted by Gasteiger charge is 2.23. The summed E-state index contributed by atoms with van der Waals surface area (Å²) in [5.41, 5.74) is 0.899. The van der Waals surface area contributed by atoms with Crippen molar-refractivity contribution in [2.45, 2.75) is 16.7 Å². The smallest absolute Gasteiger partial charge is 0.219 e. The Morgan fingerprint density at radius 2 is 1.75 bits per heavy atom. The molecule has 0 radical (unpaired) electrons. The van der Waals surface area contributed by atoms with Crippen molar-refractivity contribution < 1.29 is 13.2 Å². The standard InChI is InChI=1S/C18H14BrNO3S/c1-13-5-10-17(16(12-13)23-18-4-2-3-11-20-18)24(21,22)15-8-6-14(19)7-9-15/h2-12H,1H3. The second-order valence-electron chi connectivity index (χ2n) is 5.18. The van der Waals surface area contributed by atoms with Crippen molar-refractivity contribution in [2.24, 2.45) is 0 Å². The Morgan fingerprint density at radius 1 is 1.00 bits per heavy atom.